The molecule has 1 aliphatic rings. The lowest BCUT2D eigenvalue weighted by Gasteiger charge is -2.29. The van der Waals surface area contributed by atoms with E-state index in [1.54, 1.807) is 24.4 Å². The van der Waals surface area contributed by atoms with Crippen molar-refractivity contribution in [2.75, 3.05) is 23.7 Å². The highest BCUT2D eigenvalue weighted by molar-refractivity contribution is 7.90. The highest BCUT2D eigenvalue weighted by Crippen LogP contribution is 2.27. The Hall–Kier alpha value is -3.73. The molecule has 3 N–H and O–H groups in total. The number of nitrogens with two attached hydrogens (primary N) is 1. The van der Waals surface area contributed by atoms with Gasteiger partial charge >= 0.3 is 0 Å². The van der Waals surface area contributed by atoms with Crippen molar-refractivity contribution in [1.82, 2.24) is 19.7 Å². The van der Waals surface area contributed by atoms with Crippen molar-refractivity contribution < 1.29 is 19.4 Å². The van der Waals surface area contributed by atoms with Crippen LogP contribution in [0, 0.1) is 0 Å². The van der Waals surface area contributed by atoms with Crippen LogP contribution < -0.4 is 20.1 Å². The number of pyridine rings is 3. The molecule has 3 aromatic rings. The molecule has 0 aromatic carbocycles. The Kier molecular flexibility index (Phi) is 7.15. The van der Waals surface area contributed by atoms with E-state index in [9.17, 15) is 13.2 Å². The Morgan fingerprint density at radius 2 is 1.86 bits per heavy atom. The summed E-state index contributed by atoms with van der Waals surface area (Å²) in [7, 11) is -4.22. The molecule has 0 saturated carbocycles. The second-order valence-corrected chi connectivity index (χ2v) is 10.1. The lowest BCUT2D eigenvalue weighted by Crippen LogP contribution is -2.35. The number of amides is 1. The first kappa shape index (κ1) is 24.4. The maximum atomic E-state index is 13.1. The largest absolute Gasteiger partial charge is 0.475 e. The van der Waals surface area contributed by atoms with Gasteiger partial charge in [0.15, 0.2) is 5.03 Å². The van der Waals surface area contributed by atoms with Gasteiger partial charge in [-0.2, -0.15) is 8.42 Å². The van der Waals surface area contributed by atoms with Crippen LogP contribution >= 0.6 is 0 Å². The van der Waals surface area contributed by atoms with Crippen LogP contribution in [-0.2, 0) is 10.0 Å². The SMILES string of the molecule is CC(C)Oc1ccc(-c2ccc(C(=O)NS(=O)(=O)c3cccc(N)n3)c(N3CCCCC3)n2)cn1.[HH]. The predicted molar refractivity (Wildman–Crippen MR) is 135 cm³/mol. The molecule has 0 spiro atoms. The maximum Gasteiger partial charge on any atom is 0.281 e. The van der Waals surface area contributed by atoms with E-state index in [1.807, 2.05) is 24.8 Å². The minimum Gasteiger partial charge on any atom is -0.475 e. The van der Waals surface area contributed by atoms with Gasteiger partial charge in [-0.15, -0.1) is 0 Å². The summed E-state index contributed by atoms with van der Waals surface area (Å²) >= 11 is 0. The van der Waals surface area contributed by atoms with Gasteiger partial charge in [0.25, 0.3) is 15.9 Å². The topological polar surface area (TPSA) is 140 Å². The summed E-state index contributed by atoms with van der Waals surface area (Å²) in [6.07, 6.45) is 4.68. The van der Waals surface area contributed by atoms with Gasteiger partial charge in [0, 0.05) is 32.3 Å². The molecule has 0 unspecified atom stereocenters. The zero-order valence-electron chi connectivity index (χ0n) is 19.6. The molecule has 0 atom stereocenters. The van der Waals surface area contributed by atoms with E-state index in [0.717, 1.165) is 37.9 Å². The second-order valence-electron chi connectivity index (χ2n) is 8.50. The van der Waals surface area contributed by atoms with Crippen molar-refractivity contribution >= 4 is 27.6 Å². The number of nitrogens with one attached hydrogen (secondary N) is 1. The number of hydrogen-bond acceptors (Lipinski definition) is 9. The fraction of sp³-hybridized carbons (Fsp3) is 0.333. The van der Waals surface area contributed by atoms with Crippen LogP contribution in [0.1, 0.15) is 44.9 Å². The summed E-state index contributed by atoms with van der Waals surface area (Å²) in [5.74, 6) is 0.195. The fourth-order valence-corrected chi connectivity index (χ4v) is 4.73. The first-order valence-corrected chi connectivity index (χ1v) is 12.9. The number of aromatic nitrogens is 3. The molecule has 11 heteroatoms. The first-order chi connectivity index (χ1) is 16.7. The van der Waals surface area contributed by atoms with E-state index in [0.29, 0.717) is 17.4 Å². The van der Waals surface area contributed by atoms with Gasteiger partial charge in [-0.3, -0.25) is 4.79 Å². The third-order valence-corrected chi connectivity index (χ3v) is 6.64. The number of anilines is 2. The Bertz CT molecular complexity index is 1310. The molecule has 1 aliphatic heterocycles. The van der Waals surface area contributed by atoms with Gasteiger partial charge in [0.1, 0.15) is 11.6 Å². The maximum absolute atomic E-state index is 13.1. The number of ether oxygens (including phenoxy) is 1. The van der Waals surface area contributed by atoms with Gasteiger partial charge in [-0.1, -0.05) is 6.07 Å². The summed E-state index contributed by atoms with van der Waals surface area (Å²) in [5.41, 5.74) is 7.14. The Morgan fingerprint density at radius 1 is 1.09 bits per heavy atom. The molecule has 4 heterocycles. The smallest absolute Gasteiger partial charge is 0.281 e. The number of piperidine rings is 1. The zero-order chi connectivity index (χ0) is 25.0. The normalized spacial score (nSPS) is 14.1. The van der Waals surface area contributed by atoms with Crippen molar-refractivity contribution in [2.45, 2.75) is 44.2 Å². The number of carbonyl (C=O) groups excluding carboxylic acids is 1. The van der Waals surface area contributed by atoms with E-state index < -0.39 is 15.9 Å². The molecule has 10 nitrogen and oxygen atoms in total. The molecule has 0 aliphatic carbocycles. The van der Waals surface area contributed by atoms with Crippen molar-refractivity contribution in [3.8, 4) is 17.1 Å². The summed E-state index contributed by atoms with van der Waals surface area (Å²) in [6, 6.07) is 11.1. The van der Waals surface area contributed by atoms with Crippen LogP contribution in [0.15, 0.2) is 53.7 Å². The number of nitrogen functional groups attached to an aromatic ring is 1. The van der Waals surface area contributed by atoms with Gasteiger partial charge < -0.3 is 15.4 Å². The van der Waals surface area contributed by atoms with Gasteiger partial charge in [-0.25, -0.2) is 19.7 Å². The van der Waals surface area contributed by atoms with E-state index >= 15 is 0 Å². The minimum atomic E-state index is -4.22. The monoisotopic (exact) mass is 498 g/mol. The van der Waals surface area contributed by atoms with E-state index in [-0.39, 0.29) is 23.9 Å². The summed E-state index contributed by atoms with van der Waals surface area (Å²) in [6.45, 7) is 5.29. The number of sulfonamides is 1. The highest BCUT2D eigenvalue weighted by Gasteiger charge is 2.26. The third-order valence-electron chi connectivity index (χ3n) is 5.41. The zero-order valence-corrected chi connectivity index (χ0v) is 20.5. The lowest BCUT2D eigenvalue weighted by atomic mass is 10.1. The number of rotatable bonds is 7. The van der Waals surface area contributed by atoms with Crippen LogP contribution in [0.4, 0.5) is 11.6 Å². The standard InChI is InChI=1S/C24H28N6O4S.H2/c1-16(2)34-21-12-9-17(15-26-21)19-11-10-18(23(27-19)30-13-4-3-5-14-30)24(31)29-35(32,33)22-8-6-7-20(25)28-22;/h6-12,15-16H,3-5,13-14H2,1-2H3,(H2,25,28)(H,29,31);1H. The predicted octanol–water partition coefficient (Wildman–Crippen LogP) is 3.26. The highest BCUT2D eigenvalue weighted by atomic mass is 32.2. The minimum absolute atomic E-state index is 0. The molecule has 1 fully saturated rings. The quantitative estimate of drug-likeness (QED) is 0.502. The molecule has 0 radical (unpaired) electrons. The molecule has 3 aromatic heterocycles. The van der Waals surface area contributed by atoms with E-state index in [2.05, 4.69) is 14.7 Å². The number of carbonyl (C=O) groups is 1. The van der Waals surface area contributed by atoms with Crippen LogP contribution in [0.5, 0.6) is 5.88 Å². The van der Waals surface area contributed by atoms with Crippen LogP contribution in [0.25, 0.3) is 11.3 Å². The Labute approximate surface area is 206 Å². The summed E-state index contributed by atoms with van der Waals surface area (Å²) in [5, 5.41) is -0.329. The van der Waals surface area contributed by atoms with Crippen molar-refractivity contribution in [3.05, 3.63) is 54.2 Å². The van der Waals surface area contributed by atoms with Crippen LogP contribution in [-0.4, -0.2) is 48.5 Å². The molecular weight excluding hydrogens is 468 g/mol. The molecular formula is C24H30N6O4S. The molecule has 35 heavy (non-hydrogen) atoms. The summed E-state index contributed by atoms with van der Waals surface area (Å²) in [4.78, 5) is 28.0. The van der Waals surface area contributed by atoms with E-state index in [4.69, 9.17) is 15.5 Å². The Morgan fingerprint density at radius 3 is 2.51 bits per heavy atom. The van der Waals surface area contributed by atoms with Crippen molar-refractivity contribution in [1.29, 1.82) is 0 Å². The lowest BCUT2D eigenvalue weighted by molar-refractivity contribution is 0.0981. The average molecular weight is 499 g/mol. The van der Waals surface area contributed by atoms with Gasteiger partial charge in [-0.05, 0) is 63.4 Å². The molecule has 4 rings (SSSR count). The molecule has 0 bridgehead atoms. The number of hydrogen-bond donors (Lipinski definition) is 2. The van der Waals surface area contributed by atoms with Crippen LogP contribution in [0.3, 0.4) is 0 Å². The van der Waals surface area contributed by atoms with Crippen molar-refractivity contribution in [2.24, 2.45) is 0 Å². The third kappa shape index (κ3) is 5.86. The molecule has 1 amide bonds. The first-order valence-electron chi connectivity index (χ1n) is 11.4. The summed E-state index contributed by atoms with van der Waals surface area (Å²) < 4.78 is 33.2. The second kappa shape index (κ2) is 10.3. The van der Waals surface area contributed by atoms with Crippen LogP contribution in [0.2, 0.25) is 0 Å². The Balaban J connectivity index is 0.00000361. The van der Waals surface area contributed by atoms with Crippen molar-refractivity contribution in [3.63, 3.8) is 0 Å². The van der Waals surface area contributed by atoms with E-state index in [1.165, 1.54) is 18.2 Å². The molecule has 1 saturated heterocycles. The van der Waals surface area contributed by atoms with Gasteiger partial charge in [0.2, 0.25) is 5.88 Å². The number of nitrogens with zero attached hydrogens (tertiary/aromatic N) is 4. The fourth-order valence-electron chi connectivity index (χ4n) is 3.79. The van der Waals surface area contributed by atoms with Gasteiger partial charge in [0.05, 0.1) is 17.4 Å². The molecule has 186 valence electrons. The average Bonchev–Trinajstić information content (AvgIpc) is 2.84.